The number of amides is 2. The fourth-order valence-corrected chi connectivity index (χ4v) is 3.34. The van der Waals surface area contributed by atoms with Gasteiger partial charge in [0.05, 0.1) is 28.1 Å². The Morgan fingerprint density at radius 1 is 1.07 bits per heavy atom. The number of aryl methyl sites for hydroxylation is 1. The molecule has 30 heavy (non-hydrogen) atoms. The van der Waals surface area contributed by atoms with E-state index in [4.69, 9.17) is 0 Å². The Morgan fingerprint density at radius 2 is 1.63 bits per heavy atom. The zero-order chi connectivity index (χ0) is 22.1. The molecule has 2 aromatic rings. The smallest absolute Gasteiger partial charge is 0.339 e. The number of carbonyl (C=O) groups is 2. The van der Waals surface area contributed by atoms with Crippen molar-refractivity contribution >= 4 is 11.8 Å². The van der Waals surface area contributed by atoms with E-state index in [0.29, 0.717) is 37.4 Å². The quantitative estimate of drug-likeness (QED) is 0.753. The summed E-state index contributed by atoms with van der Waals surface area (Å²) in [7, 11) is 0. The minimum Gasteiger partial charge on any atom is -0.339 e. The first-order valence-electron chi connectivity index (χ1n) is 9.26. The number of benzene rings is 1. The van der Waals surface area contributed by atoms with Crippen molar-refractivity contribution < 1.29 is 22.8 Å². The first-order valence-corrected chi connectivity index (χ1v) is 9.26. The number of carbonyl (C=O) groups excluding carboxylic acids is 2. The summed E-state index contributed by atoms with van der Waals surface area (Å²) in [4.78, 5) is 32.0. The molecule has 2 heterocycles. The predicted octanol–water partition coefficient (Wildman–Crippen LogP) is 3.25. The number of nitrogens with zero attached hydrogens (tertiary/aromatic N) is 4. The zero-order valence-corrected chi connectivity index (χ0v) is 16.5. The van der Waals surface area contributed by atoms with Gasteiger partial charge in [0, 0.05) is 38.7 Å². The summed E-state index contributed by atoms with van der Waals surface area (Å²) in [5, 5.41) is 9.53. The average molecular weight is 416 g/mol. The highest BCUT2D eigenvalue weighted by Crippen LogP contribution is 2.31. The molecule has 1 saturated heterocycles. The lowest BCUT2D eigenvalue weighted by Crippen LogP contribution is -2.50. The van der Waals surface area contributed by atoms with E-state index in [-0.39, 0.29) is 28.6 Å². The molecule has 6 nitrogen and oxygen atoms in total. The van der Waals surface area contributed by atoms with Crippen LogP contribution in [0.15, 0.2) is 30.3 Å². The van der Waals surface area contributed by atoms with Crippen molar-refractivity contribution in [3.63, 3.8) is 0 Å². The molecule has 1 aromatic heterocycles. The summed E-state index contributed by atoms with van der Waals surface area (Å²) >= 11 is 0. The minimum atomic E-state index is -4.46. The molecule has 1 aliphatic heterocycles. The summed E-state index contributed by atoms with van der Waals surface area (Å²) in [5.74, 6) is -0.341. The van der Waals surface area contributed by atoms with Crippen LogP contribution in [-0.4, -0.2) is 52.8 Å². The summed E-state index contributed by atoms with van der Waals surface area (Å²) in [6.45, 7) is 4.71. The van der Waals surface area contributed by atoms with Gasteiger partial charge in [-0.3, -0.25) is 14.6 Å². The molecule has 1 fully saturated rings. The van der Waals surface area contributed by atoms with Gasteiger partial charge in [-0.25, -0.2) is 0 Å². The number of aromatic nitrogens is 1. The molecular weight excluding hydrogens is 397 g/mol. The van der Waals surface area contributed by atoms with Gasteiger partial charge in [-0.2, -0.15) is 18.4 Å². The summed E-state index contributed by atoms with van der Waals surface area (Å²) < 4.78 is 38.4. The van der Waals surface area contributed by atoms with Gasteiger partial charge < -0.3 is 9.80 Å². The Labute approximate surface area is 171 Å². The van der Waals surface area contributed by atoms with Crippen LogP contribution in [0, 0.1) is 18.3 Å². The number of hydrogen-bond donors (Lipinski definition) is 0. The molecule has 0 aliphatic carbocycles. The van der Waals surface area contributed by atoms with Crippen molar-refractivity contribution in [3.05, 3.63) is 52.7 Å². The van der Waals surface area contributed by atoms with Gasteiger partial charge in [-0.1, -0.05) is 12.1 Å². The molecule has 0 bridgehead atoms. The molecule has 2 amide bonds. The molecule has 0 atom stereocenters. The van der Waals surface area contributed by atoms with Gasteiger partial charge in [0.1, 0.15) is 6.07 Å². The van der Waals surface area contributed by atoms with Crippen molar-refractivity contribution in [2.24, 2.45) is 0 Å². The van der Waals surface area contributed by atoms with Crippen LogP contribution in [0.2, 0.25) is 0 Å². The molecule has 0 saturated carbocycles. The largest absolute Gasteiger partial charge is 0.416 e. The highest BCUT2D eigenvalue weighted by Gasteiger charge is 2.30. The Kier molecular flexibility index (Phi) is 5.78. The zero-order valence-electron chi connectivity index (χ0n) is 16.5. The number of piperazine rings is 1. The fourth-order valence-electron chi connectivity index (χ4n) is 3.34. The van der Waals surface area contributed by atoms with E-state index in [1.807, 2.05) is 6.07 Å². The van der Waals surface area contributed by atoms with Crippen LogP contribution >= 0.6 is 0 Å². The Hall–Kier alpha value is -3.41. The highest BCUT2D eigenvalue weighted by atomic mass is 19.4. The number of nitriles is 1. The van der Waals surface area contributed by atoms with Crippen LogP contribution in [0.3, 0.4) is 0 Å². The Balaban J connectivity index is 1.89. The number of alkyl halides is 3. The third kappa shape index (κ3) is 4.27. The van der Waals surface area contributed by atoms with Crippen molar-refractivity contribution in [1.82, 2.24) is 14.8 Å². The van der Waals surface area contributed by atoms with Crippen molar-refractivity contribution in [3.8, 4) is 17.3 Å². The SMILES string of the molecule is CC(=O)N1CCN(C(=O)c2cc(C#N)c(-c3ccc(C(F)(F)F)cc3)nc2C)CC1. The van der Waals surface area contributed by atoms with Gasteiger partial charge >= 0.3 is 6.18 Å². The Bertz CT molecular complexity index is 1020. The standard InChI is InChI=1S/C21H19F3N4O2/c1-13-18(20(30)28-9-7-27(8-10-28)14(2)29)11-16(12-25)19(26-13)15-3-5-17(6-4-15)21(22,23)24/h3-6,11H,7-10H2,1-2H3. The normalized spacial score (nSPS) is 14.4. The fraction of sp³-hybridized carbons (Fsp3) is 0.333. The minimum absolute atomic E-state index is 0.0485. The van der Waals surface area contributed by atoms with E-state index in [1.54, 1.807) is 16.7 Å². The average Bonchev–Trinajstić information content (AvgIpc) is 2.72. The number of hydrogen-bond acceptors (Lipinski definition) is 4. The van der Waals surface area contributed by atoms with E-state index in [9.17, 15) is 28.0 Å². The van der Waals surface area contributed by atoms with Crippen molar-refractivity contribution in [2.45, 2.75) is 20.0 Å². The topological polar surface area (TPSA) is 77.3 Å². The molecule has 0 radical (unpaired) electrons. The lowest BCUT2D eigenvalue weighted by molar-refractivity contribution is -0.137. The molecule has 1 aliphatic rings. The number of halogens is 3. The van der Waals surface area contributed by atoms with Gasteiger partial charge in [0.25, 0.3) is 5.91 Å². The molecule has 9 heteroatoms. The van der Waals surface area contributed by atoms with Gasteiger partial charge in [0.2, 0.25) is 5.91 Å². The number of pyridine rings is 1. The molecule has 0 N–H and O–H groups in total. The predicted molar refractivity (Wildman–Crippen MR) is 102 cm³/mol. The summed E-state index contributed by atoms with van der Waals surface area (Å²) in [6, 6.07) is 7.78. The molecule has 156 valence electrons. The van der Waals surface area contributed by atoms with E-state index >= 15 is 0 Å². The van der Waals surface area contributed by atoms with Crippen LogP contribution in [-0.2, 0) is 11.0 Å². The van der Waals surface area contributed by atoms with Crippen molar-refractivity contribution in [1.29, 1.82) is 5.26 Å². The Morgan fingerprint density at radius 3 is 2.13 bits per heavy atom. The molecule has 0 unspecified atom stereocenters. The van der Waals surface area contributed by atoms with E-state index in [2.05, 4.69) is 4.98 Å². The maximum absolute atomic E-state index is 12.9. The molecular formula is C21H19F3N4O2. The summed E-state index contributed by atoms with van der Waals surface area (Å²) in [6.07, 6.45) is -4.46. The number of rotatable bonds is 2. The maximum atomic E-state index is 12.9. The monoisotopic (exact) mass is 416 g/mol. The maximum Gasteiger partial charge on any atom is 0.416 e. The van der Waals surface area contributed by atoms with Crippen LogP contribution in [0.5, 0.6) is 0 Å². The van der Waals surface area contributed by atoms with Crippen molar-refractivity contribution in [2.75, 3.05) is 26.2 Å². The van der Waals surface area contributed by atoms with Crippen LogP contribution in [0.25, 0.3) is 11.3 Å². The van der Waals surface area contributed by atoms with Gasteiger partial charge in [-0.15, -0.1) is 0 Å². The molecule has 0 spiro atoms. The van der Waals surface area contributed by atoms with E-state index < -0.39 is 11.7 Å². The second-order valence-corrected chi connectivity index (χ2v) is 7.00. The third-order valence-electron chi connectivity index (χ3n) is 5.06. The van der Waals surface area contributed by atoms with Crippen LogP contribution in [0.1, 0.15) is 34.1 Å². The van der Waals surface area contributed by atoms with E-state index in [0.717, 1.165) is 12.1 Å². The van der Waals surface area contributed by atoms with Crippen LogP contribution < -0.4 is 0 Å². The van der Waals surface area contributed by atoms with E-state index in [1.165, 1.54) is 25.1 Å². The highest BCUT2D eigenvalue weighted by molar-refractivity contribution is 5.96. The lowest BCUT2D eigenvalue weighted by Gasteiger charge is -2.34. The van der Waals surface area contributed by atoms with Gasteiger partial charge in [0.15, 0.2) is 0 Å². The first-order chi connectivity index (χ1) is 14.1. The van der Waals surface area contributed by atoms with Crippen LogP contribution in [0.4, 0.5) is 13.2 Å². The first kappa shape index (κ1) is 21.3. The summed E-state index contributed by atoms with van der Waals surface area (Å²) in [5.41, 5.74) is 0.531. The van der Waals surface area contributed by atoms with Gasteiger partial charge in [-0.05, 0) is 25.1 Å². The second kappa shape index (κ2) is 8.14. The molecule has 3 rings (SSSR count). The third-order valence-corrected chi connectivity index (χ3v) is 5.06. The lowest BCUT2D eigenvalue weighted by atomic mass is 10.0. The second-order valence-electron chi connectivity index (χ2n) is 7.00. The molecule has 1 aromatic carbocycles.